The largest absolute Gasteiger partial charge is 0.384 e. The lowest BCUT2D eigenvalue weighted by Gasteiger charge is -2.20. The van der Waals surface area contributed by atoms with Crippen LogP contribution in [0.2, 0.25) is 0 Å². The first-order valence-electron chi connectivity index (χ1n) is 11.7. The molecule has 7 nitrogen and oxygen atoms in total. The number of fused-ring (bicyclic) bond motifs is 1. The Kier molecular flexibility index (Phi) is 8.05. The van der Waals surface area contributed by atoms with Crippen LogP contribution in [0.4, 0.5) is 14.6 Å². The van der Waals surface area contributed by atoms with Gasteiger partial charge in [-0.3, -0.25) is 9.59 Å². The Morgan fingerprint density at radius 3 is 2.46 bits per heavy atom. The van der Waals surface area contributed by atoms with Gasteiger partial charge >= 0.3 is 0 Å². The first-order valence-corrected chi connectivity index (χ1v) is 11.7. The quantitative estimate of drug-likeness (QED) is 0.279. The Hall–Kier alpha value is -4.37. The molecule has 0 aliphatic carbocycles. The Balaban J connectivity index is 1.45. The monoisotopic (exact) mass is 504 g/mol. The number of benzene rings is 3. The molecule has 0 aliphatic heterocycles. The van der Waals surface area contributed by atoms with Crippen molar-refractivity contribution in [1.82, 2.24) is 15.6 Å². The molecule has 5 N–H and O–H groups in total. The highest BCUT2D eigenvalue weighted by Gasteiger charge is 2.25. The Bertz CT molecular complexity index is 1410. The first-order chi connectivity index (χ1) is 17.8. The van der Waals surface area contributed by atoms with E-state index in [-0.39, 0.29) is 25.1 Å². The van der Waals surface area contributed by atoms with Crippen LogP contribution < -0.4 is 16.4 Å². The summed E-state index contributed by atoms with van der Waals surface area (Å²) in [5.41, 5.74) is 7.23. The van der Waals surface area contributed by atoms with Crippen LogP contribution in [0.1, 0.15) is 22.6 Å². The van der Waals surface area contributed by atoms with Gasteiger partial charge in [-0.15, -0.1) is 0 Å². The number of carbonyl (C=O) groups excluding carboxylic acids is 2. The summed E-state index contributed by atoms with van der Waals surface area (Å²) >= 11 is 0. The minimum absolute atomic E-state index is 0.0688. The highest BCUT2D eigenvalue weighted by Crippen LogP contribution is 2.21. The van der Waals surface area contributed by atoms with Crippen molar-refractivity contribution in [1.29, 1.82) is 0 Å². The maximum atomic E-state index is 13.9. The SMILES string of the molecule is Nc1ccc(CNC(=O)[C@@H](CNC(=O)[C@H](O)Cc2cccc3ccccc23)c2ccc(F)c(F)c2)cn1. The normalized spacial score (nSPS) is 12.6. The number of aromatic nitrogens is 1. The van der Waals surface area contributed by atoms with E-state index in [1.807, 2.05) is 42.5 Å². The fraction of sp³-hybridized carbons (Fsp3) is 0.179. The molecular formula is C28H26F2N4O3. The zero-order chi connectivity index (χ0) is 26.4. The molecule has 0 fully saturated rings. The lowest BCUT2D eigenvalue weighted by Crippen LogP contribution is -2.41. The average molecular weight is 505 g/mol. The molecule has 2 atom stereocenters. The predicted octanol–water partition coefficient (Wildman–Crippen LogP) is 3.22. The molecular weight excluding hydrogens is 478 g/mol. The second-order valence-corrected chi connectivity index (χ2v) is 8.64. The fourth-order valence-corrected chi connectivity index (χ4v) is 4.04. The number of hydrogen-bond acceptors (Lipinski definition) is 5. The van der Waals surface area contributed by atoms with Gasteiger partial charge in [-0.1, -0.05) is 54.6 Å². The number of aliphatic hydroxyl groups excluding tert-OH is 1. The van der Waals surface area contributed by atoms with E-state index in [1.165, 1.54) is 12.3 Å². The van der Waals surface area contributed by atoms with Crippen molar-refractivity contribution in [2.75, 3.05) is 12.3 Å². The minimum Gasteiger partial charge on any atom is -0.384 e. The number of rotatable bonds is 9. The number of aliphatic hydroxyl groups is 1. The number of carbonyl (C=O) groups is 2. The molecule has 0 bridgehead atoms. The van der Waals surface area contributed by atoms with Crippen LogP contribution in [0.15, 0.2) is 79.0 Å². The van der Waals surface area contributed by atoms with Crippen LogP contribution in [0.5, 0.6) is 0 Å². The van der Waals surface area contributed by atoms with Gasteiger partial charge in [-0.25, -0.2) is 13.8 Å². The van der Waals surface area contributed by atoms with E-state index in [1.54, 1.807) is 12.1 Å². The van der Waals surface area contributed by atoms with E-state index < -0.39 is 35.5 Å². The third-order valence-electron chi connectivity index (χ3n) is 6.05. The summed E-state index contributed by atoms with van der Waals surface area (Å²) in [6.07, 6.45) is 0.202. The molecule has 1 aromatic heterocycles. The molecule has 1 heterocycles. The topological polar surface area (TPSA) is 117 Å². The van der Waals surface area contributed by atoms with Gasteiger partial charge in [0, 0.05) is 25.7 Å². The fourth-order valence-electron chi connectivity index (χ4n) is 4.04. The summed E-state index contributed by atoms with van der Waals surface area (Å²) in [6.45, 7) is -0.119. The molecule has 190 valence electrons. The molecule has 37 heavy (non-hydrogen) atoms. The Morgan fingerprint density at radius 2 is 1.70 bits per heavy atom. The summed E-state index contributed by atoms with van der Waals surface area (Å²) < 4.78 is 27.4. The van der Waals surface area contributed by atoms with Crippen LogP contribution in [-0.2, 0) is 22.6 Å². The van der Waals surface area contributed by atoms with Gasteiger partial charge in [0.2, 0.25) is 11.8 Å². The highest BCUT2D eigenvalue weighted by molar-refractivity contribution is 5.88. The van der Waals surface area contributed by atoms with Crippen LogP contribution in [-0.4, -0.2) is 34.6 Å². The molecule has 0 saturated carbocycles. The van der Waals surface area contributed by atoms with Crippen molar-refractivity contribution in [3.63, 3.8) is 0 Å². The molecule has 3 aromatic carbocycles. The first kappa shape index (κ1) is 25.7. The lowest BCUT2D eigenvalue weighted by atomic mass is 9.97. The standard InChI is InChI=1S/C28H26F2N4O3/c29-23-10-9-20(12-24(23)30)22(27(36)33-15-17-8-11-26(31)32-14-17)16-34-28(37)25(35)13-19-6-3-5-18-4-1-2-7-21(18)19/h1-12,14,22,25,35H,13,15-16H2,(H2,31,32)(H,33,36)(H,34,37)/t22-,25+/m0/s1. The average Bonchev–Trinajstić information content (AvgIpc) is 2.90. The number of nitrogens with two attached hydrogens (primary N) is 1. The van der Waals surface area contributed by atoms with Crippen LogP contribution in [0.25, 0.3) is 10.8 Å². The van der Waals surface area contributed by atoms with Gasteiger partial charge in [-0.2, -0.15) is 0 Å². The summed E-state index contributed by atoms with van der Waals surface area (Å²) in [7, 11) is 0. The number of pyridine rings is 1. The molecule has 0 aliphatic rings. The van der Waals surface area contributed by atoms with Crippen LogP contribution in [0, 0.1) is 11.6 Å². The van der Waals surface area contributed by atoms with Gasteiger partial charge in [0.15, 0.2) is 11.6 Å². The maximum Gasteiger partial charge on any atom is 0.249 e. The number of halogens is 2. The molecule has 0 spiro atoms. The smallest absolute Gasteiger partial charge is 0.249 e. The second kappa shape index (κ2) is 11.6. The molecule has 0 unspecified atom stereocenters. The zero-order valence-electron chi connectivity index (χ0n) is 19.8. The number of nitrogen functional groups attached to an aromatic ring is 1. The van der Waals surface area contributed by atoms with Gasteiger partial charge in [0.05, 0.1) is 5.92 Å². The third kappa shape index (κ3) is 6.45. The summed E-state index contributed by atoms with van der Waals surface area (Å²) in [4.78, 5) is 29.7. The number of hydrogen-bond donors (Lipinski definition) is 4. The number of anilines is 1. The van der Waals surface area contributed by atoms with Crippen molar-refractivity contribution in [3.8, 4) is 0 Å². The molecule has 4 aromatic rings. The Labute approximate surface area is 212 Å². The van der Waals surface area contributed by atoms with E-state index in [0.29, 0.717) is 11.4 Å². The molecule has 9 heteroatoms. The number of nitrogens with zero attached hydrogens (tertiary/aromatic N) is 1. The van der Waals surface area contributed by atoms with Gasteiger partial charge in [0.1, 0.15) is 11.9 Å². The summed E-state index contributed by atoms with van der Waals surface area (Å²) in [5, 5.41) is 17.8. The highest BCUT2D eigenvalue weighted by atomic mass is 19.2. The van der Waals surface area contributed by atoms with Gasteiger partial charge in [-0.05, 0) is 45.7 Å². The maximum absolute atomic E-state index is 13.9. The lowest BCUT2D eigenvalue weighted by molar-refractivity contribution is -0.129. The molecule has 2 amide bonds. The van der Waals surface area contributed by atoms with E-state index in [9.17, 15) is 23.5 Å². The number of amides is 2. The molecule has 4 rings (SSSR count). The molecule has 0 saturated heterocycles. The van der Waals surface area contributed by atoms with Crippen molar-refractivity contribution < 1.29 is 23.5 Å². The zero-order valence-corrected chi connectivity index (χ0v) is 19.8. The van der Waals surface area contributed by atoms with Crippen molar-refractivity contribution in [2.45, 2.75) is 25.0 Å². The second-order valence-electron chi connectivity index (χ2n) is 8.64. The van der Waals surface area contributed by atoms with E-state index in [2.05, 4.69) is 15.6 Å². The van der Waals surface area contributed by atoms with Crippen molar-refractivity contribution in [2.24, 2.45) is 0 Å². The third-order valence-corrected chi connectivity index (χ3v) is 6.05. The van der Waals surface area contributed by atoms with Crippen LogP contribution >= 0.6 is 0 Å². The van der Waals surface area contributed by atoms with Gasteiger partial charge in [0.25, 0.3) is 0 Å². The predicted molar refractivity (Wildman–Crippen MR) is 136 cm³/mol. The van der Waals surface area contributed by atoms with E-state index in [4.69, 9.17) is 5.73 Å². The van der Waals surface area contributed by atoms with Gasteiger partial charge < -0.3 is 21.5 Å². The summed E-state index contributed by atoms with van der Waals surface area (Å²) in [6, 6.07) is 19.7. The number of nitrogens with one attached hydrogen (secondary N) is 2. The van der Waals surface area contributed by atoms with Crippen LogP contribution in [0.3, 0.4) is 0 Å². The minimum atomic E-state index is -1.37. The van der Waals surface area contributed by atoms with E-state index >= 15 is 0 Å². The van der Waals surface area contributed by atoms with Crippen molar-refractivity contribution >= 4 is 28.4 Å². The summed E-state index contributed by atoms with van der Waals surface area (Å²) in [5.74, 6) is -4.07. The molecule has 0 radical (unpaired) electrons. The van der Waals surface area contributed by atoms with Crippen molar-refractivity contribution in [3.05, 3.63) is 107 Å². The van der Waals surface area contributed by atoms with E-state index in [0.717, 1.165) is 28.5 Å². The Morgan fingerprint density at radius 1 is 0.919 bits per heavy atom.